The van der Waals surface area contributed by atoms with E-state index in [1.54, 1.807) is 5.01 Å². The first-order chi connectivity index (χ1) is 34.1. The van der Waals surface area contributed by atoms with Crippen LogP contribution < -0.4 is 17.1 Å². The van der Waals surface area contributed by atoms with Crippen LogP contribution in [0.4, 0.5) is 0 Å². The lowest BCUT2D eigenvalue weighted by atomic mass is 10.0. The van der Waals surface area contributed by atoms with Gasteiger partial charge in [0.05, 0.1) is 17.1 Å². The van der Waals surface area contributed by atoms with Crippen LogP contribution in [0.15, 0.2) is 197 Å². The first kappa shape index (κ1) is 55.6. The van der Waals surface area contributed by atoms with Crippen LogP contribution in [-0.2, 0) is 19.2 Å². The van der Waals surface area contributed by atoms with Gasteiger partial charge in [-0.15, -0.1) is 23.2 Å². The lowest BCUT2D eigenvalue weighted by Gasteiger charge is -2.13. The fraction of sp³-hybridized carbons (Fsp3) is 0.218. The van der Waals surface area contributed by atoms with Crippen molar-refractivity contribution in [2.45, 2.75) is 51.4 Å². The van der Waals surface area contributed by atoms with E-state index in [9.17, 15) is 19.2 Å². The summed E-state index contributed by atoms with van der Waals surface area (Å²) in [4.78, 5) is 43.8. The number of nitrogens with zero attached hydrogens (tertiary/aromatic N) is 5. The van der Waals surface area contributed by atoms with Gasteiger partial charge < -0.3 is 5.84 Å². The van der Waals surface area contributed by atoms with Gasteiger partial charge in [-0.1, -0.05) is 182 Å². The van der Waals surface area contributed by atoms with Gasteiger partial charge in [-0.2, -0.15) is 15.3 Å². The van der Waals surface area contributed by atoms with Crippen LogP contribution in [0.3, 0.4) is 0 Å². The molecule has 6 aromatic rings. The summed E-state index contributed by atoms with van der Waals surface area (Å²) >= 11 is 15.8. The Morgan fingerprint density at radius 2 is 0.871 bits per heavy atom. The summed E-state index contributed by atoms with van der Waals surface area (Å²) in [6.07, 6.45) is 5.15. The topological polar surface area (TPSA) is 176 Å². The lowest BCUT2D eigenvalue weighted by molar-refractivity contribution is -0.128. The van der Waals surface area contributed by atoms with Gasteiger partial charge in [0.15, 0.2) is 0 Å². The van der Waals surface area contributed by atoms with Crippen LogP contribution in [0.2, 0.25) is 0 Å². The number of hydrazone groups is 3. The van der Waals surface area contributed by atoms with E-state index < -0.39 is 0 Å². The highest BCUT2D eigenvalue weighted by atomic mass is 35.5. The molecule has 5 N–H and O–H groups in total. The van der Waals surface area contributed by atoms with Gasteiger partial charge in [-0.3, -0.25) is 24.2 Å². The monoisotopic (exact) mass is 1000 g/mol. The number of nitrogens with two attached hydrogens (primary N) is 2. The van der Waals surface area contributed by atoms with Crippen molar-refractivity contribution in [2.75, 3.05) is 24.8 Å². The summed E-state index contributed by atoms with van der Waals surface area (Å²) in [5.74, 6) is 11.6. The van der Waals surface area contributed by atoms with E-state index in [2.05, 4.69) is 20.7 Å². The molecule has 2 aliphatic rings. The summed E-state index contributed by atoms with van der Waals surface area (Å²) in [6.45, 7) is 1.45. The smallest absolute Gasteiger partial charge is 0.242 e. The lowest BCUT2D eigenvalue weighted by Crippen LogP contribution is -2.31. The van der Waals surface area contributed by atoms with Crippen molar-refractivity contribution in [1.82, 2.24) is 15.4 Å². The van der Waals surface area contributed by atoms with Crippen molar-refractivity contribution < 1.29 is 19.2 Å². The Balaban J connectivity index is 0.000000202. The molecule has 0 bridgehead atoms. The molecule has 2 aliphatic heterocycles. The van der Waals surface area contributed by atoms with Crippen LogP contribution in [0.1, 0.15) is 84.7 Å². The fourth-order valence-electron chi connectivity index (χ4n) is 6.61. The van der Waals surface area contributed by atoms with Gasteiger partial charge >= 0.3 is 0 Å². The van der Waals surface area contributed by atoms with E-state index in [0.717, 1.165) is 69.9 Å². The number of hydrogen-bond donors (Lipinski definition) is 3. The second-order valence-corrected chi connectivity index (χ2v) is 16.5. The minimum Gasteiger partial charge on any atom is -0.323 e. The Morgan fingerprint density at radius 3 is 1.16 bits per heavy atom. The third kappa shape index (κ3) is 20.3. The predicted octanol–water partition coefficient (Wildman–Crippen LogP) is 10.3. The van der Waals surface area contributed by atoms with Gasteiger partial charge in [-0.25, -0.2) is 16.3 Å². The van der Waals surface area contributed by atoms with Crippen LogP contribution in [-0.4, -0.2) is 75.0 Å². The third-order valence-electron chi connectivity index (χ3n) is 10.1. The fourth-order valence-corrected chi connectivity index (χ4v) is 7.01. The summed E-state index contributed by atoms with van der Waals surface area (Å²) < 4.78 is 0. The van der Waals surface area contributed by atoms with Crippen molar-refractivity contribution in [3.63, 3.8) is 0 Å². The second kappa shape index (κ2) is 32.7. The molecular weight excluding hydrogens is 943 g/mol. The normalized spacial score (nSPS) is 12.2. The Hall–Kier alpha value is -6.96. The molecule has 0 aliphatic carbocycles. The molecule has 8 rings (SSSR count). The maximum Gasteiger partial charge on any atom is 0.242 e. The number of hydrazine groups is 1. The molecular formula is C55H59Cl3N8O4. The van der Waals surface area contributed by atoms with E-state index >= 15 is 0 Å². The molecule has 2 fully saturated rings. The molecule has 12 nitrogen and oxygen atoms in total. The molecule has 0 aromatic heterocycles. The SMILES string of the molecule is NN1CCCC1=O.NN=C(c1ccccc1)c1ccccc1.O=C(CCCCl)NN=C(c1ccccc1)c1ccccc1.O=C(Cl)CCCCl.O=C1CCCN1N=C(c1ccccc1)c1ccccc1. The maximum atomic E-state index is 11.8. The van der Waals surface area contributed by atoms with Crippen molar-refractivity contribution in [2.24, 2.45) is 27.0 Å². The zero-order valence-electron chi connectivity index (χ0n) is 39.0. The minimum atomic E-state index is -0.305. The Kier molecular flexibility index (Phi) is 26.0. The highest BCUT2D eigenvalue weighted by Gasteiger charge is 2.21. The van der Waals surface area contributed by atoms with Gasteiger partial charge in [0.2, 0.25) is 23.0 Å². The Morgan fingerprint density at radius 1 is 0.514 bits per heavy atom. The summed E-state index contributed by atoms with van der Waals surface area (Å²) in [5, 5.41) is 15.3. The van der Waals surface area contributed by atoms with Gasteiger partial charge in [0.1, 0.15) is 0 Å². The molecule has 15 heteroatoms. The highest BCUT2D eigenvalue weighted by Crippen LogP contribution is 2.17. The molecule has 2 heterocycles. The first-order valence-electron chi connectivity index (χ1n) is 22.9. The van der Waals surface area contributed by atoms with Crippen LogP contribution in [0, 0.1) is 0 Å². The van der Waals surface area contributed by atoms with Crippen molar-refractivity contribution in [3.8, 4) is 0 Å². The number of alkyl halides is 2. The maximum absolute atomic E-state index is 11.8. The largest absolute Gasteiger partial charge is 0.323 e. The molecule has 3 amide bonds. The molecule has 0 spiro atoms. The van der Waals surface area contributed by atoms with Gasteiger partial charge in [0.25, 0.3) is 0 Å². The molecule has 6 aromatic carbocycles. The zero-order valence-corrected chi connectivity index (χ0v) is 41.2. The Labute approximate surface area is 426 Å². The molecule has 70 heavy (non-hydrogen) atoms. The van der Waals surface area contributed by atoms with Crippen molar-refractivity contribution >= 4 is 74.9 Å². The van der Waals surface area contributed by atoms with Crippen LogP contribution >= 0.6 is 34.8 Å². The zero-order chi connectivity index (χ0) is 50.2. The molecule has 364 valence electrons. The van der Waals surface area contributed by atoms with Crippen LogP contribution in [0.25, 0.3) is 0 Å². The van der Waals surface area contributed by atoms with Crippen LogP contribution in [0.5, 0.6) is 0 Å². The summed E-state index contributed by atoms with van der Waals surface area (Å²) in [6, 6.07) is 59.4. The summed E-state index contributed by atoms with van der Waals surface area (Å²) in [5.41, 5.74) is 11.1. The summed E-state index contributed by atoms with van der Waals surface area (Å²) in [7, 11) is 0. The molecule has 0 atom stereocenters. The number of hydrogen-bond acceptors (Lipinski definition) is 9. The molecule has 0 unspecified atom stereocenters. The first-order valence-corrected chi connectivity index (χ1v) is 24.3. The van der Waals surface area contributed by atoms with E-state index in [4.69, 9.17) is 46.5 Å². The quantitative estimate of drug-likeness (QED) is 0.0244. The van der Waals surface area contributed by atoms with E-state index in [1.165, 1.54) is 5.01 Å². The molecule has 0 saturated carbocycles. The number of rotatable bonds is 14. The predicted molar refractivity (Wildman–Crippen MR) is 285 cm³/mol. The minimum absolute atomic E-state index is 0.0694. The molecule has 2 saturated heterocycles. The van der Waals surface area contributed by atoms with E-state index in [-0.39, 0.29) is 23.0 Å². The number of nitrogens with one attached hydrogen (secondary N) is 1. The van der Waals surface area contributed by atoms with Gasteiger partial charge in [-0.05, 0) is 37.3 Å². The number of amides is 3. The van der Waals surface area contributed by atoms with Crippen molar-refractivity contribution in [1.29, 1.82) is 0 Å². The van der Waals surface area contributed by atoms with Gasteiger partial charge in [0, 0.05) is 83.9 Å². The van der Waals surface area contributed by atoms with E-state index in [0.29, 0.717) is 56.8 Å². The average molecular weight is 1000 g/mol. The number of halogens is 3. The number of carbonyl (C=O) groups is 4. The Bertz CT molecular complexity index is 2430. The number of carbonyl (C=O) groups excluding carboxylic acids is 4. The molecule has 0 radical (unpaired) electrons. The highest BCUT2D eigenvalue weighted by molar-refractivity contribution is 6.63. The third-order valence-corrected chi connectivity index (χ3v) is 10.9. The van der Waals surface area contributed by atoms with Crippen molar-refractivity contribution in [3.05, 3.63) is 215 Å². The number of benzene rings is 6. The van der Waals surface area contributed by atoms with E-state index in [1.807, 2.05) is 182 Å². The average Bonchev–Trinajstić information content (AvgIpc) is 4.01. The standard InChI is InChI=1S/C17H17ClN2O.C17H16N2O.C13H12N2.C4H6Cl2O.C4H8N2O/c18-13-7-12-16(21)19-20-17(14-8-3-1-4-9-14)15-10-5-2-6-11-15;20-16-12-7-13-19(16)18-17(14-8-3-1-4-9-14)15-10-5-2-6-11-15;14-15-13(11-7-3-1-4-8-11)12-9-5-2-6-10-12;5-3-1-2-4(6)7;5-6-3-1-2-4(6)7/h1-6,8-11H,7,12-13H2,(H,19,21);1-6,8-11H,7,12-13H2;1-10H,14H2;1-3H2;1-3,5H2. The second-order valence-electron chi connectivity index (χ2n) is 15.4.